The first-order chi connectivity index (χ1) is 14.5. The van der Waals surface area contributed by atoms with Crippen LogP contribution < -0.4 is 15.5 Å². The van der Waals surface area contributed by atoms with Crippen molar-refractivity contribution in [2.45, 2.75) is 32.2 Å². The molecule has 0 atom stereocenters. The number of carbonyl (C=O) groups excluding carboxylic acids is 1. The monoisotopic (exact) mass is 428 g/mol. The number of aliphatic imine (C=N–C) groups is 1. The lowest BCUT2D eigenvalue weighted by Crippen LogP contribution is -2.49. The van der Waals surface area contributed by atoms with Crippen LogP contribution in [-0.2, 0) is 11.2 Å². The molecule has 3 heterocycles. The van der Waals surface area contributed by atoms with E-state index in [1.54, 1.807) is 30.3 Å². The van der Waals surface area contributed by atoms with Gasteiger partial charge >= 0.3 is 0 Å². The van der Waals surface area contributed by atoms with Gasteiger partial charge in [0.25, 0.3) is 0 Å². The number of nitrogens with zero attached hydrogens (tertiary/aromatic N) is 4. The van der Waals surface area contributed by atoms with E-state index < -0.39 is 0 Å². The highest BCUT2D eigenvalue weighted by atomic mass is 32.1. The fourth-order valence-corrected chi connectivity index (χ4v) is 4.00. The maximum atomic E-state index is 12.0. The number of aromatic nitrogens is 1. The first-order valence-corrected chi connectivity index (χ1v) is 11.3. The molecule has 0 aromatic carbocycles. The van der Waals surface area contributed by atoms with E-state index in [4.69, 9.17) is 0 Å². The third-order valence-corrected chi connectivity index (χ3v) is 6.11. The molecule has 1 fully saturated rings. The van der Waals surface area contributed by atoms with Crippen LogP contribution in [0.5, 0.6) is 0 Å². The molecule has 1 aliphatic rings. The molecular weight excluding hydrogens is 396 g/mol. The van der Waals surface area contributed by atoms with E-state index >= 15 is 0 Å². The highest BCUT2D eigenvalue weighted by molar-refractivity contribution is 7.09. The molecule has 0 bridgehead atoms. The maximum absolute atomic E-state index is 12.0. The summed E-state index contributed by atoms with van der Waals surface area (Å²) in [6.07, 6.45) is 4.87. The SMILES string of the molecule is Cc1ccc(N2CCC(NC(=NCC(=O)N(C)C)NCCc3cccs3)CC2)nc1. The molecule has 2 aromatic heterocycles. The molecule has 2 N–H and O–H groups in total. The summed E-state index contributed by atoms with van der Waals surface area (Å²) < 4.78 is 0. The Kier molecular flexibility index (Phi) is 8.07. The second-order valence-electron chi connectivity index (χ2n) is 7.81. The number of thiophene rings is 1. The number of amides is 1. The Morgan fingerprint density at radius 1 is 1.30 bits per heavy atom. The first-order valence-electron chi connectivity index (χ1n) is 10.5. The Morgan fingerprint density at radius 3 is 2.73 bits per heavy atom. The molecule has 1 saturated heterocycles. The minimum absolute atomic E-state index is 0.00498. The lowest BCUT2D eigenvalue weighted by Gasteiger charge is -2.34. The van der Waals surface area contributed by atoms with E-state index in [9.17, 15) is 4.79 Å². The van der Waals surface area contributed by atoms with Crippen molar-refractivity contribution in [3.05, 3.63) is 46.3 Å². The molecule has 30 heavy (non-hydrogen) atoms. The molecule has 0 aliphatic carbocycles. The van der Waals surface area contributed by atoms with Gasteiger partial charge in [-0.05, 0) is 49.3 Å². The Balaban J connectivity index is 1.53. The van der Waals surface area contributed by atoms with E-state index in [2.05, 4.69) is 62.1 Å². The number of rotatable bonds is 7. The van der Waals surface area contributed by atoms with Crippen molar-refractivity contribution in [3.63, 3.8) is 0 Å². The highest BCUT2D eigenvalue weighted by Gasteiger charge is 2.21. The number of aryl methyl sites for hydroxylation is 1. The quantitative estimate of drug-likeness (QED) is 0.523. The van der Waals surface area contributed by atoms with Crippen LogP contribution in [0.2, 0.25) is 0 Å². The molecule has 0 unspecified atom stereocenters. The Labute approximate surface area is 183 Å². The number of piperidine rings is 1. The molecule has 8 heteroatoms. The van der Waals surface area contributed by atoms with Crippen LogP contribution in [0.25, 0.3) is 0 Å². The number of likely N-dealkylation sites (N-methyl/N-ethyl adjacent to an activating group) is 1. The van der Waals surface area contributed by atoms with Crippen LogP contribution >= 0.6 is 11.3 Å². The lowest BCUT2D eigenvalue weighted by atomic mass is 10.1. The molecule has 1 aliphatic heterocycles. The summed E-state index contributed by atoms with van der Waals surface area (Å²) in [6.45, 7) is 4.89. The third kappa shape index (κ3) is 6.73. The second kappa shape index (κ2) is 11.0. The number of carbonyl (C=O) groups is 1. The van der Waals surface area contributed by atoms with Crippen LogP contribution in [-0.4, -0.2) is 68.1 Å². The van der Waals surface area contributed by atoms with Crippen molar-refractivity contribution >= 4 is 29.0 Å². The maximum Gasteiger partial charge on any atom is 0.243 e. The van der Waals surface area contributed by atoms with Gasteiger partial charge in [0.2, 0.25) is 5.91 Å². The molecule has 1 amide bonds. The van der Waals surface area contributed by atoms with Gasteiger partial charge < -0.3 is 20.4 Å². The van der Waals surface area contributed by atoms with E-state index in [1.807, 2.05) is 6.20 Å². The molecule has 0 radical (unpaired) electrons. The van der Waals surface area contributed by atoms with Crippen molar-refractivity contribution in [2.75, 3.05) is 45.2 Å². The van der Waals surface area contributed by atoms with E-state index in [0.29, 0.717) is 12.0 Å². The molecule has 2 aromatic rings. The van der Waals surface area contributed by atoms with Crippen LogP contribution in [0.1, 0.15) is 23.3 Å². The second-order valence-corrected chi connectivity index (χ2v) is 8.84. The van der Waals surface area contributed by atoms with Gasteiger partial charge in [-0.25, -0.2) is 9.98 Å². The predicted octanol–water partition coefficient (Wildman–Crippen LogP) is 2.29. The van der Waals surface area contributed by atoms with Gasteiger partial charge in [0, 0.05) is 50.8 Å². The molecule has 3 rings (SSSR count). The summed E-state index contributed by atoms with van der Waals surface area (Å²) >= 11 is 1.76. The summed E-state index contributed by atoms with van der Waals surface area (Å²) in [7, 11) is 3.51. The van der Waals surface area contributed by atoms with E-state index in [0.717, 1.165) is 44.7 Å². The Morgan fingerprint density at radius 2 is 2.10 bits per heavy atom. The summed E-state index contributed by atoms with van der Waals surface area (Å²) in [4.78, 5) is 26.3. The van der Waals surface area contributed by atoms with Crippen LogP contribution in [0.4, 0.5) is 5.82 Å². The van der Waals surface area contributed by atoms with Crippen molar-refractivity contribution in [3.8, 4) is 0 Å². The summed E-state index contributed by atoms with van der Waals surface area (Å²) in [5, 5.41) is 9.03. The van der Waals surface area contributed by atoms with Crippen molar-refractivity contribution in [1.82, 2.24) is 20.5 Å². The zero-order chi connectivity index (χ0) is 21.3. The molecule has 7 nitrogen and oxygen atoms in total. The average molecular weight is 429 g/mol. The Bertz CT molecular complexity index is 811. The fraction of sp³-hybridized carbons (Fsp3) is 0.500. The van der Waals surface area contributed by atoms with Gasteiger partial charge in [0.15, 0.2) is 5.96 Å². The number of nitrogens with one attached hydrogen (secondary N) is 2. The molecule has 0 spiro atoms. The summed E-state index contributed by atoms with van der Waals surface area (Å²) in [5.41, 5.74) is 1.18. The third-order valence-electron chi connectivity index (χ3n) is 5.17. The zero-order valence-electron chi connectivity index (χ0n) is 18.1. The number of hydrogen-bond donors (Lipinski definition) is 2. The van der Waals surface area contributed by atoms with Crippen molar-refractivity contribution in [2.24, 2.45) is 4.99 Å². The van der Waals surface area contributed by atoms with Crippen LogP contribution in [0.3, 0.4) is 0 Å². The van der Waals surface area contributed by atoms with Crippen LogP contribution in [0.15, 0.2) is 40.8 Å². The van der Waals surface area contributed by atoms with Crippen molar-refractivity contribution in [1.29, 1.82) is 0 Å². The van der Waals surface area contributed by atoms with Gasteiger partial charge in [0.05, 0.1) is 0 Å². The summed E-state index contributed by atoms with van der Waals surface area (Å²) in [5.74, 6) is 1.75. The van der Waals surface area contributed by atoms with Gasteiger partial charge in [-0.3, -0.25) is 4.79 Å². The number of guanidine groups is 1. The number of pyridine rings is 1. The largest absolute Gasteiger partial charge is 0.356 e. The average Bonchev–Trinajstić information content (AvgIpc) is 3.26. The van der Waals surface area contributed by atoms with Gasteiger partial charge in [-0.15, -0.1) is 11.3 Å². The zero-order valence-corrected chi connectivity index (χ0v) is 18.9. The minimum atomic E-state index is -0.00498. The van der Waals surface area contributed by atoms with Gasteiger partial charge in [-0.2, -0.15) is 0 Å². The number of hydrogen-bond acceptors (Lipinski definition) is 5. The Hall–Kier alpha value is -2.61. The predicted molar refractivity (Wildman–Crippen MR) is 124 cm³/mol. The topological polar surface area (TPSA) is 72.9 Å². The minimum Gasteiger partial charge on any atom is -0.356 e. The first kappa shape index (κ1) is 22.1. The highest BCUT2D eigenvalue weighted by Crippen LogP contribution is 2.18. The normalized spacial score (nSPS) is 15.2. The van der Waals surface area contributed by atoms with Gasteiger partial charge in [-0.1, -0.05) is 12.1 Å². The molecular formula is C22H32N6OS. The molecule has 162 valence electrons. The van der Waals surface area contributed by atoms with Crippen molar-refractivity contribution < 1.29 is 4.79 Å². The van der Waals surface area contributed by atoms with Crippen LogP contribution in [0, 0.1) is 6.92 Å². The smallest absolute Gasteiger partial charge is 0.243 e. The lowest BCUT2D eigenvalue weighted by molar-refractivity contribution is -0.127. The fourth-order valence-electron chi connectivity index (χ4n) is 3.29. The van der Waals surface area contributed by atoms with Gasteiger partial charge in [0.1, 0.15) is 12.4 Å². The number of anilines is 1. The molecule has 0 saturated carbocycles. The van der Waals surface area contributed by atoms with E-state index in [1.165, 1.54) is 10.4 Å². The standard InChI is InChI=1S/C22H32N6OS/c1-17-6-7-20(24-15-17)28-12-9-18(10-13-28)26-22(25-16-21(29)27(2)3)23-11-8-19-5-4-14-30-19/h4-7,14-15,18H,8-13,16H2,1-3H3,(H2,23,25,26). The van der Waals surface area contributed by atoms with E-state index in [-0.39, 0.29) is 12.5 Å². The summed E-state index contributed by atoms with van der Waals surface area (Å²) in [6, 6.07) is 8.74.